The van der Waals surface area contributed by atoms with E-state index in [2.05, 4.69) is 21.0 Å². The van der Waals surface area contributed by atoms with Crippen LogP contribution in [0.15, 0.2) is 28.7 Å². The Bertz CT molecular complexity index is 578. The Morgan fingerprint density at radius 3 is 2.75 bits per heavy atom. The van der Waals surface area contributed by atoms with Gasteiger partial charge in [0, 0.05) is 23.2 Å². The summed E-state index contributed by atoms with van der Waals surface area (Å²) in [7, 11) is 1.84. The summed E-state index contributed by atoms with van der Waals surface area (Å²) in [6.07, 6.45) is 0. The quantitative estimate of drug-likeness (QED) is 0.803. The predicted molar refractivity (Wildman–Crippen MR) is 65.8 cm³/mol. The van der Waals surface area contributed by atoms with E-state index in [0.717, 1.165) is 21.3 Å². The molecule has 0 N–H and O–H groups in total. The molecule has 0 aliphatic heterocycles. The van der Waals surface area contributed by atoms with Crippen molar-refractivity contribution in [1.82, 2.24) is 9.78 Å². The van der Waals surface area contributed by atoms with Gasteiger partial charge >= 0.3 is 0 Å². The smallest absolute Gasteiger partial charge is 0.163 e. The molecule has 0 bridgehead atoms. The number of halogens is 1. The molecule has 80 valence electrons. The molecule has 4 heteroatoms. The first kappa shape index (κ1) is 10.9. The highest BCUT2D eigenvalue weighted by Crippen LogP contribution is 2.26. The highest BCUT2D eigenvalue weighted by Gasteiger charge is 2.09. The number of nitrogens with zero attached hydrogens (tertiary/aromatic N) is 3. The van der Waals surface area contributed by atoms with E-state index in [0.29, 0.717) is 5.69 Å². The Hall–Kier alpha value is -1.60. The minimum Gasteiger partial charge on any atom is -0.267 e. The van der Waals surface area contributed by atoms with Gasteiger partial charge in [0.15, 0.2) is 5.69 Å². The second kappa shape index (κ2) is 4.11. The van der Waals surface area contributed by atoms with Crippen LogP contribution in [0.5, 0.6) is 0 Å². The van der Waals surface area contributed by atoms with Gasteiger partial charge in [-0.3, -0.25) is 4.68 Å². The molecule has 0 saturated carbocycles. The number of aryl methyl sites for hydroxylation is 2. The fourth-order valence-corrected chi connectivity index (χ4v) is 2.01. The van der Waals surface area contributed by atoms with Gasteiger partial charge in [-0.2, -0.15) is 10.4 Å². The maximum atomic E-state index is 8.81. The average molecular weight is 276 g/mol. The maximum Gasteiger partial charge on any atom is 0.163 e. The largest absolute Gasteiger partial charge is 0.267 e. The van der Waals surface area contributed by atoms with Gasteiger partial charge in [0.25, 0.3) is 0 Å². The van der Waals surface area contributed by atoms with Crippen LogP contribution in [-0.4, -0.2) is 9.78 Å². The van der Waals surface area contributed by atoms with Gasteiger partial charge in [0.05, 0.1) is 5.69 Å². The fraction of sp³-hybridized carbons (Fsp3) is 0.167. The molecule has 0 aliphatic rings. The minimum absolute atomic E-state index is 0.442. The van der Waals surface area contributed by atoms with Gasteiger partial charge in [-0.1, -0.05) is 22.0 Å². The zero-order valence-electron chi connectivity index (χ0n) is 9.03. The van der Waals surface area contributed by atoms with Crippen LogP contribution in [0.4, 0.5) is 0 Å². The van der Waals surface area contributed by atoms with Crippen LogP contribution in [0, 0.1) is 18.3 Å². The molecule has 0 fully saturated rings. The molecule has 1 heterocycles. The van der Waals surface area contributed by atoms with Gasteiger partial charge in [-0.25, -0.2) is 0 Å². The molecule has 1 aromatic heterocycles. The lowest BCUT2D eigenvalue weighted by molar-refractivity contribution is 0.770. The predicted octanol–water partition coefficient (Wildman–Crippen LogP) is 3.03. The van der Waals surface area contributed by atoms with E-state index in [4.69, 9.17) is 5.26 Å². The van der Waals surface area contributed by atoms with Gasteiger partial charge in [-0.15, -0.1) is 0 Å². The Morgan fingerprint density at radius 1 is 1.38 bits per heavy atom. The van der Waals surface area contributed by atoms with Crippen molar-refractivity contribution in [1.29, 1.82) is 5.26 Å². The van der Waals surface area contributed by atoms with E-state index < -0.39 is 0 Å². The van der Waals surface area contributed by atoms with Gasteiger partial charge in [-0.05, 0) is 24.6 Å². The first-order valence-corrected chi connectivity index (χ1v) is 5.62. The number of rotatable bonds is 1. The summed E-state index contributed by atoms with van der Waals surface area (Å²) in [4.78, 5) is 0. The van der Waals surface area contributed by atoms with Crippen molar-refractivity contribution in [3.05, 3.63) is 40.0 Å². The zero-order valence-corrected chi connectivity index (χ0v) is 10.6. The van der Waals surface area contributed by atoms with Crippen molar-refractivity contribution >= 4 is 15.9 Å². The van der Waals surface area contributed by atoms with E-state index >= 15 is 0 Å². The molecular formula is C12H10BrN3. The van der Waals surface area contributed by atoms with Crippen molar-refractivity contribution in [2.75, 3.05) is 0 Å². The second-order valence-electron chi connectivity index (χ2n) is 3.61. The molecule has 0 unspecified atom stereocenters. The van der Waals surface area contributed by atoms with E-state index in [1.165, 1.54) is 0 Å². The van der Waals surface area contributed by atoms with E-state index in [9.17, 15) is 0 Å². The first-order chi connectivity index (χ1) is 7.61. The topological polar surface area (TPSA) is 41.6 Å². The molecular weight excluding hydrogens is 266 g/mol. The number of aromatic nitrogens is 2. The van der Waals surface area contributed by atoms with Gasteiger partial charge < -0.3 is 0 Å². The van der Waals surface area contributed by atoms with Crippen LogP contribution in [0.3, 0.4) is 0 Å². The molecule has 0 saturated heterocycles. The highest BCUT2D eigenvalue weighted by molar-refractivity contribution is 9.10. The van der Waals surface area contributed by atoms with Gasteiger partial charge in [0.1, 0.15) is 6.07 Å². The Balaban J connectivity index is 2.63. The summed E-state index contributed by atoms with van der Waals surface area (Å²) in [5, 5.41) is 12.9. The fourth-order valence-electron chi connectivity index (χ4n) is 1.64. The molecule has 2 aromatic rings. The third-order valence-corrected chi connectivity index (χ3v) is 2.96. The van der Waals surface area contributed by atoms with Crippen molar-refractivity contribution in [2.45, 2.75) is 6.92 Å². The van der Waals surface area contributed by atoms with Crippen molar-refractivity contribution in [2.24, 2.45) is 7.05 Å². The SMILES string of the molecule is Cc1ccc(Br)cc1-c1cc(C#N)nn1C. The van der Waals surface area contributed by atoms with Crippen LogP contribution >= 0.6 is 15.9 Å². The lowest BCUT2D eigenvalue weighted by Crippen LogP contribution is -1.95. The number of nitriles is 1. The zero-order chi connectivity index (χ0) is 11.7. The molecule has 0 aliphatic carbocycles. The van der Waals surface area contributed by atoms with Crippen molar-refractivity contribution in [3.63, 3.8) is 0 Å². The molecule has 0 amide bonds. The molecule has 3 nitrogen and oxygen atoms in total. The van der Waals surface area contributed by atoms with Crippen LogP contribution < -0.4 is 0 Å². The van der Waals surface area contributed by atoms with Crippen LogP contribution in [0.25, 0.3) is 11.3 Å². The lowest BCUT2D eigenvalue weighted by atomic mass is 10.1. The van der Waals surface area contributed by atoms with Crippen LogP contribution in [0.2, 0.25) is 0 Å². The maximum absolute atomic E-state index is 8.81. The first-order valence-electron chi connectivity index (χ1n) is 4.82. The minimum atomic E-state index is 0.442. The highest BCUT2D eigenvalue weighted by atomic mass is 79.9. The van der Waals surface area contributed by atoms with Crippen LogP contribution in [-0.2, 0) is 7.05 Å². The second-order valence-corrected chi connectivity index (χ2v) is 4.53. The summed E-state index contributed by atoms with van der Waals surface area (Å²) < 4.78 is 2.75. The Labute approximate surface area is 102 Å². The molecule has 16 heavy (non-hydrogen) atoms. The Kier molecular flexibility index (Phi) is 2.80. The summed E-state index contributed by atoms with van der Waals surface area (Å²) in [6, 6.07) is 9.92. The average Bonchev–Trinajstić information content (AvgIpc) is 2.63. The van der Waals surface area contributed by atoms with Crippen LogP contribution in [0.1, 0.15) is 11.3 Å². The van der Waals surface area contributed by atoms with Crippen molar-refractivity contribution < 1.29 is 0 Å². The number of hydrogen-bond donors (Lipinski definition) is 0. The molecule has 1 aromatic carbocycles. The van der Waals surface area contributed by atoms with Crippen molar-refractivity contribution in [3.8, 4) is 17.3 Å². The molecule has 0 atom stereocenters. The summed E-state index contributed by atoms with van der Waals surface area (Å²) >= 11 is 3.45. The molecule has 2 rings (SSSR count). The lowest BCUT2D eigenvalue weighted by Gasteiger charge is -2.06. The number of hydrogen-bond acceptors (Lipinski definition) is 2. The third kappa shape index (κ3) is 1.86. The number of benzene rings is 1. The summed E-state index contributed by atoms with van der Waals surface area (Å²) in [6.45, 7) is 2.04. The monoisotopic (exact) mass is 275 g/mol. The van der Waals surface area contributed by atoms with E-state index in [1.807, 2.05) is 38.2 Å². The normalized spacial score (nSPS) is 10.1. The molecule has 0 radical (unpaired) electrons. The molecule has 0 spiro atoms. The van der Waals surface area contributed by atoms with E-state index in [-0.39, 0.29) is 0 Å². The standard InChI is InChI=1S/C12H10BrN3/c1-8-3-4-9(13)5-11(8)12-6-10(7-14)15-16(12)2/h3-6H,1-2H3. The third-order valence-electron chi connectivity index (χ3n) is 2.47. The summed E-state index contributed by atoms with van der Waals surface area (Å²) in [5.74, 6) is 0. The Morgan fingerprint density at radius 2 is 2.12 bits per heavy atom. The summed E-state index contributed by atoms with van der Waals surface area (Å²) in [5.41, 5.74) is 3.65. The van der Waals surface area contributed by atoms with E-state index in [1.54, 1.807) is 10.7 Å². The van der Waals surface area contributed by atoms with Gasteiger partial charge in [0.2, 0.25) is 0 Å².